The van der Waals surface area contributed by atoms with Crippen molar-refractivity contribution >= 4 is 17.3 Å². The fourth-order valence-corrected chi connectivity index (χ4v) is 3.79. The molecule has 2 aromatic rings. The van der Waals surface area contributed by atoms with Crippen molar-refractivity contribution < 1.29 is 4.39 Å². The van der Waals surface area contributed by atoms with Crippen LogP contribution in [-0.2, 0) is 0 Å². The zero-order valence-corrected chi connectivity index (χ0v) is 15.5. The van der Waals surface area contributed by atoms with Gasteiger partial charge in [-0.05, 0) is 38.0 Å². The third kappa shape index (κ3) is 3.65. The second-order valence-electron chi connectivity index (χ2n) is 7.08. The third-order valence-electron chi connectivity index (χ3n) is 5.28. The summed E-state index contributed by atoms with van der Waals surface area (Å²) in [5.74, 6) is 2.33. The Bertz CT molecular complexity index is 863. The predicted molar refractivity (Wildman–Crippen MR) is 104 cm³/mol. The van der Waals surface area contributed by atoms with Gasteiger partial charge in [-0.3, -0.25) is 0 Å². The van der Waals surface area contributed by atoms with Gasteiger partial charge in [0.1, 0.15) is 29.3 Å². The highest BCUT2D eigenvalue weighted by molar-refractivity contribution is 5.55. The number of nitriles is 1. The highest BCUT2D eigenvalue weighted by Crippen LogP contribution is 2.25. The van der Waals surface area contributed by atoms with Crippen LogP contribution in [0.15, 0.2) is 24.3 Å². The molecule has 2 saturated heterocycles. The minimum atomic E-state index is -0.459. The van der Waals surface area contributed by atoms with E-state index in [9.17, 15) is 4.39 Å². The molecule has 2 fully saturated rings. The molecule has 2 aliphatic heterocycles. The smallest absolute Gasteiger partial charge is 0.143 e. The normalized spacial score (nSPS) is 17.3. The summed E-state index contributed by atoms with van der Waals surface area (Å²) in [6.07, 6.45) is 2.44. The fourth-order valence-electron chi connectivity index (χ4n) is 3.79. The number of rotatable bonds is 3. The summed E-state index contributed by atoms with van der Waals surface area (Å²) in [5, 5.41) is 8.88. The monoisotopic (exact) mass is 366 g/mol. The van der Waals surface area contributed by atoms with Crippen molar-refractivity contribution in [3.05, 3.63) is 41.5 Å². The second-order valence-corrected chi connectivity index (χ2v) is 7.08. The van der Waals surface area contributed by atoms with Crippen LogP contribution in [0.1, 0.15) is 24.2 Å². The van der Waals surface area contributed by atoms with Crippen LogP contribution in [0.2, 0.25) is 0 Å². The van der Waals surface area contributed by atoms with Gasteiger partial charge in [0.15, 0.2) is 0 Å². The van der Waals surface area contributed by atoms with E-state index in [0.717, 1.165) is 62.4 Å². The van der Waals surface area contributed by atoms with Gasteiger partial charge in [-0.15, -0.1) is 0 Å². The molecule has 27 heavy (non-hydrogen) atoms. The lowest BCUT2D eigenvalue weighted by molar-refractivity contribution is 0.616. The average Bonchev–Trinajstić information content (AvgIpc) is 3.22. The number of halogens is 1. The molecule has 0 bridgehead atoms. The van der Waals surface area contributed by atoms with Gasteiger partial charge >= 0.3 is 0 Å². The fraction of sp³-hybridized carbons (Fsp3) is 0.450. The van der Waals surface area contributed by atoms with Gasteiger partial charge in [-0.25, -0.2) is 14.4 Å². The van der Waals surface area contributed by atoms with Gasteiger partial charge in [0, 0.05) is 51.0 Å². The summed E-state index contributed by atoms with van der Waals surface area (Å²) < 4.78 is 13.9. The Balaban J connectivity index is 1.46. The minimum absolute atomic E-state index is 0.0864. The van der Waals surface area contributed by atoms with E-state index in [0.29, 0.717) is 0 Å². The van der Waals surface area contributed by atoms with Gasteiger partial charge in [0.2, 0.25) is 0 Å². The lowest BCUT2D eigenvalue weighted by Gasteiger charge is -2.37. The average molecular weight is 366 g/mol. The predicted octanol–water partition coefficient (Wildman–Crippen LogP) is 2.72. The molecule has 140 valence electrons. The first-order valence-electron chi connectivity index (χ1n) is 9.44. The van der Waals surface area contributed by atoms with Crippen molar-refractivity contribution in [2.75, 3.05) is 54.0 Å². The first-order valence-corrected chi connectivity index (χ1v) is 9.44. The molecular weight excluding hydrogens is 343 g/mol. The molecule has 0 spiro atoms. The SMILES string of the molecule is Cc1nc(N2CCCC2)cc(N2CCN(c3ccc(C#N)c(F)c3)CC2)n1. The first-order chi connectivity index (χ1) is 13.1. The Morgan fingerprint density at radius 3 is 2.07 bits per heavy atom. The zero-order chi connectivity index (χ0) is 18.8. The van der Waals surface area contributed by atoms with E-state index >= 15 is 0 Å². The number of hydrogen-bond donors (Lipinski definition) is 0. The van der Waals surface area contributed by atoms with Gasteiger partial charge in [-0.1, -0.05) is 0 Å². The number of benzene rings is 1. The van der Waals surface area contributed by atoms with Crippen molar-refractivity contribution in [2.24, 2.45) is 0 Å². The molecule has 0 amide bonds. The number of hydrogen-bond acceptors (Lipinski definition) is 6. The number of piperazine rings is 1. The molecule has 0 radical (unpaired) electrons. The van der Waals surface area contributed by atoms with Crippen molar-refractivity contribution in [1.29, 1.82) is 5.26 Å². The van der Waals surface area contributed by atoms with Crippen LogP contribution in [0.3, 0.4) is 0 Å². The second kappa shape index (κ2) is 7.39. The summed E-state index contributed by atoms with van der Waals surface area (Å²) in [6, 6.07) is 8.78. The van der Waals surface area contributed by atoms with E-state index in [-0.39, 0.29) is 5.56 Å². The number of aryl methyl sites for hydroxylation is 1. The molecule has 0 unspecified atom stereocenters. The van der Waals surface area contributed by atoms with Gasteiger partial charge in [0.25, 0.3) is 0 Å². The lowest BCUT2D eigenvalue weighted by atomic mass is 10.2. The van der Waals surface area contributed by atoms with Crippen LogP contribution in [0.5, 0.6) is 0 Å². The summed E-state index contributed by atoms with van der Waals surface area (Å²) >= 11 is 0. The molecule has 0 saturated carbocycles. The van der Waals surface area contributed by atoms with E-state index in [2.05, 4.69) is 30.7 Å². The molecule has 6 nitrogen and oxygen atoms in total. The van der Waals surface area contributed by atoms with Crippen molar-refractivity contribution in [1.82, 2.24) is 9.97 Å². The van der Waals surface area contributed by atoms with Crippen molar-refractivity contribution in [3.63, 3.8) is 0 Å². The molecule has 3 heterocycles. The van der Waals surface area contributed by atoms with E-state index in [1.807, 2.05) is 19.1 Å². The van der Waals surface area contributed by atoms with E-state index in [1.165, 1.54) is 18.9 Å². The van der Waals surface area contributed by atoms with Crippen LogP contribution in [0.4, 0.5) is 21.7 Å². The number of anilines is 3. The molecule has 0 aliphatic carbocycles. The van der Waals surface area contributed by atoms with Gasteiger partial charge in [-0.2, -0.15) is 5.26 Å². The van der Waals surface area contributed by atoms with E-state index < -0.39 is 5.82 Å². The van der Waals surface area contributed by atoms with Gasteiger partial charge in [0.05, 0.1) is 5.56 Å². The lowest BCUT2D eigenvalue weighted by Crippen LogP contribution is -2.47. The van der Waals surface area contributed by atoms with E-state index in [4.69, 9.17) is 5.26 Å². The van der Waals surface area contributed by atoms with Gasteiger partial charge < -0.3 is 14.7 Å². The maximum atomic E-state index is 13.9. The third-order valence-corrected chi connectivity index (χ3v) is 5.28. The first kappa shape index (κ1) is 17.5. The minimum Gasteiger partial charge on any atom is -0.368 e. The summed E-state index contributed by atoms with van der Waals surface area (Å²) in [4.78, 5) is 16.0. The Labute approximate surface area is 158 Å². The number of nitrogens with zero attached hydrogens (tertiary/aromatic N) is 6. The molecule has 2 aliphatic rings. The molecular formula is C20H23FN6. The molecule has 4 rings (SSSR count). The maximum Gasteiger partial charge on any atom is 0.143 e. The Morgan fingerprint density at radius 2 is 1.48 bits per heavy atom. The van der Waals surface area contributed by atoms with Crippen LogP contribution < -0.4 is 14.7 Å². The Morgan fingerprint density at radius 1 is 0.889 bits per heavy atom. The molecule has 0 atom stereocenters. The maximum absolute atomic E-state index is 13.9. The van der Waals surface area contributed by atoms with Crippen LogP contribution in [0, 0.1) is 24.1 Å². The van der Waals surface area contributed by atoms with Crippen LogP contribution in [0.25, 0.3) is 0 Å². The molecule has 0 N–H and O–H groups in total. The van der Waals surface area contributed by atoms with Crippen molar-refractivity contribution in [2.45, 2.75) is 19.8 Å². The Kier molecular flexibility index (Phi) is 4.80. The van der Waals surface area contributed by atoms with Crippen molar-refractivity contribution in [3.8, 4) is 6.07 Å². The zero-order valence-electron chi connectivity index (χ0n) is 15.5. The highest BCUT2D eigenvalue weighted by atomic mass is 19.1. The topological polar surface area (TPSA) is 59.3 Å². The summed E-state index contributed by atoms with van der Waals surface area (Å²) in [5.41, 5.74) is 0.908. The molecule has 1 aromatic heterocycles. The summed E-state index contributed by atoms with van der Waals surface area (Å²) in [6.45, 7) is 7.27. The quantitative estimate of drug-likeness (QED) is 0.832. The molecule has 7 heteroatoms. The van der Waals surface area contributed by atoms with E-state index in [1.54, 1.807) is 6.07 Å². The molecule has 1 aromatic carbocycles. The summed E-state index contributed by atoms with van der Waals surface area (Å²) in [7, 11) is 0. The Hall–Kier alpha value is -2.88. The standard InChI is InChI=1S/C20H23FN6/c1-15-23-19(26-6-2-3-7-26)13-20(24-15)27-10-8-25(9-11-27)17-5-4-16(14-22)18(21)12-17/h4-5,12-13H,2-3,6-11H2,1H3. The number of aromatic nitrogens is 2. The van der Waals surface area contributed by atoms with Crippen LogP contribution >= 0.6 is 0 Å². The largest absolute Gasteiger partial charge is 0.368 e. The van der Waals surface area contributed by atoms with Crippen LogP contribution in [-0.4, -0.2) is 49.2 Å². The highest BCUT2D eigenvalue weighted by Gasteiger charge is 2.22.